The van der Waals surface area contributed by atoms with Gasteiger partial charge in [-0.3, -0.25) is 0 Å². The zero-order valence-electron chi connectivity index (χ0n) is 22.9. The molecule has 0 N–H and O–H groups in total. The molecule has 37 heavy (non-hydrogen) atoms. The van der Waals surface area contributed by atoms with Crippen LogP contribution in [-0.4, -0.2) is 11.6 Å². The van der Waals surface area contributed by atoms with Crippen LogP contribution in [0.4, 0.5) is 4.39 Å². The van der Waals surface area contributed by atoms with Crippen molar-refractivity contribution >= 4 is 5.97 Å². The van der Waals surface area contributed by atoms with Crippen LogP contribution in [0.15, 0.2) is 72.8 Å². The Morgan fingerprint density at radius 2 is 1.22 bits per heavy atom. The van der Waals surface area contributed by atoms with Gasteiger partial charge in [-0.25, -0.2) is 9.18 Å². The molecule has 0 aliphatic heterocycles. The average Bonchev–Trinajstić information content (AvgIpc) is 2.91. The van der Waals surface area contributed by atoms with Crippen molar-refractivity contribution in [3.8, 4) is 28.0 Å². The van der Waals surface area contributed by atoms with E-state index in [2.05, 4.69) is 56.3 Å². The Hall–Kier alpha value is -2.94. The second-order valence-electron chi connectivity index (χ2n) is 10.3. The topological polar surface area (TPSA) is 26.3 Å². The molecule has 0 amide bonds. The molecule has 3 aromatic rings. The molecule has 1 atom stereocenters. The zero-order valence-corrected chi connectivity index (χ0v) is 22.9. The van der Waals surface area contributed by atoms with E-state index in [0.717, 1.165) is 36.0 Å². The van der Waals surface area contributed by atoms with E-state index in [4.69, 9.17) is 4.74 Å². The summed E-state index contributed by atoms with van der Waals surface area (Å²) in [7, 11) is 0. The lowest BCUT2D eigenvalue weighted by Gasteiger charge is -2.18. The maximum Gasteiger partial charge on any atom is 0.348 e. The van der Waals surface area contributed by atoms with Crippen molar-refractivity contribution in [3.63, 3.8) is 0 Å². The molecular weight excluding hydrogens is 459 g/mol. The van der Waals surface area contributed by atoms with Crippen LogP contribution in [0.25, 0.3) is 22.3 Å². The number of benzene rings is 3. The molecule has 0 aliphatic rings. The average molecular weight is 503 g/mol. The third-order valence-electron chi connectivity index (χ3n) is 7.06. The minimum Gasteiger partial charge on any atom is -0.424 e. The number of hydrogen-bond acceptors (Lipinski definition) is 2. The number of halogens is 1. The molecular formula is C34H43FO2. The fourth-order valence-electron chi connectivity index (χ4n) is 4.67. The van der Waals surface area contributed by atoms with Crippen LogP contribution < -0.4 is 4.74 Å². The van der Waals surface area contributed by atoms with Crippen molar-refractivity contribution in [1.82, 2.24) is 0 Å². The minimum absolute atomic E-state index is 0.195. The van der Waals surface area contributed by atoms with Gasteiger partial charge in [-0.05, 0) is 72.6 Å². The van der Waals surface area contributed by atoms with E-state index in [1.54, 1.807) is 12.1 Å². The number of aryl methyl sites for hydroxylation is 1. The number of hydrogen-bond donors (Lipinski definition) is 0. The quantitative estimate of drug-likeness (QED) is 0.117. The fourth-order valence-corrected chi connectivity index (χ4v) is 4.67. The molecule has 3 heteroatoms. The molecule has 0 saturated carbocycles. The standard InChI is InChI=1S/C34H43FO2/c1-4-6-8-9-10-14-26-34(3,35)33(36)37-30-24-22-29(23-25-30)32-17-13-12-16-31(32)28-20-18-27(19-21-28)15-11-7-5-2/h12-13,16-25H,4-11,14-15,26H2,1-3H3. The van der Waals surface area contributed by atoms with E-state index in [0.29, 0.717) is 12.2 Å². The molecule has 0 aliphatic carbocycles. The highest BCUT2D eigenvalue weighted by atomic mass is 19.1. The van der Waals surface area contributed by atoms with Gasteiger partial charge in [0.05, 0.1) is 0 Å². The van der Waals surface area contributed by atoms with Gasteiger partial charge in [-0.1, -0.05) is 119 Å². The van der Waals surface area contributed by atoms with Crippen molar-refractivity contribution < 1.29 is 13.9 Å². The van der Waals surface area contributed by atoms with E-state index < -0.39 is 11.6 Å². The van der Waals surface area contributed by atoms with Crippen LogP contribution in [0, 0.1) is 0 Å². The van der Waals surface area contributed by atoms with Crippen LogP contribution in [-0.2, 0) is 11.2 Å². The Bertz CT molecular complexity index is 1080. The number of carbonyl (C=O) groups is 1. The van der Waals surface area contributed by atoms with Crippen LogP contribution in [0.1, 0.15) is 90.5 Å². The summed E-state index contributed by atoms with van der Waals surface area (Å²) in [5.74, 6) is -0.442. The van der Waals surface area contributed by atoms with Crippen molar-refractivity contribution in [1.29, 1.82) is 0 Å². The third kappa shape index (κ3) is 8.84. The summed E-state index contributed by atoms with van der Waals surface area (Å²) in [5.41, 5.74) is 3.86. The van der Waals surface area contributed by atoms with Gasteiger partial charge in [0, 0.05) is 0 Å². The summed E-state index contributed by atoms with van der Waals surface area (Å²) in [6, 6.07) is 24.5. The highest BCUT2D eigenvalue weighted by Gasteiger charge is 2.34. The second kappa shape index (κ2) is 14.7. The van der Waals surface area contributed by atoms with E-state index in [1.807, 2.05) is 18.2 Å². The number of ether oxygens (including phenoxy) is 1. The summed E-state index contributed by atoms with van der Waals surface area (Å²) < 4.78 is 20.4. The predicted octanol–water partition coefficient (Wildman–Crippen LogP) is 10.1. The number of alkyl halides is 1. The van der Waals surface area contributed by atoms with Crippen LogP contribution in [0.5, 0.6) is 5.75 Å². The summed E-state index contributed by atoms with van der Waals surface area (Å²) in [4.78, 5) is 12.5. The van der Waals surface area contributed by atoms with Gasteiger partial charge < -0.3 is 4.74 Å². The van der Waals surface area contributed by atoms with E-state index >= 15 is 0 Å². The number of esters is 1. The van der Waals surface area contributed by atoms with E-state index in [1.165, 1.54) is 56.6 Å². The molecule has 0 radical (unpaired) electrons. The van der Waals surface area contributed by atoms with Crippen LogP contribution >= 0.6 is 0 Å². The first-order chi connectivity index (χ1) is 17.9. The van der Waals surface area contributed by atoms with Gasteiger partial charge in [0.25, 0.3) is 0 Å². The Morgan fingerprint density at radius 3 is 1.81 bits per heavy atom. The monoisotopic (exact) mass is 502 g/mol. The van der Waals surface area contributed by atoms with Crippen LogP contribution in [0.2, 0.25) is 0 Å². The first-order valence-corrected chi connectivity index (χ1v) is 14.1. The first kappa shape index (κ1) is 28.6. The summed E-state index contributed by atoms with van der Waals surface area (Å²) >= 11 is 0. The lowest BCUT2D eigenvalue weighted by atomic mass is 9.93. The molecule has 1 unspecified atom stereocenters. The van der Waals surface area contributed by atoms with Crippen molar-refractivity contribution in [3.05, 3.63) is 78.4 Å². The molecule has 0 spiro atoms. The molecule has 2 nitrogen and oxygen atoms in total. The van der Waals surface area contributed by atoms with Gasteiger partial charge in [-0.15, -0.1) is 0 Å². The lowest BCUT2D eigenvalue weighted by molar-refractivity contribution is -0.147. The van der Waals surface area contributed by atoms with Crippen molar-refractivity contribution in [2.24, 2.45) is 0 Å². The Balaban J connectivity index is 1.63. The molecule has 0 fully saturated rings. The maximum atomic E-state index is 15.0. The predicted molar refractivity (Wildman–Crippen MR) is 154 cm³/mol. The molecule has 0 aromatic heterocycles. The fraction of sp³-hybridized carbons (Fsp3) is 0.441. The third-order valence-corrected chi connectivity index (χ3v) is 7.06. The minimum atomic E-state index is -1.97. The molecule has 0 bridgehead atoms. The Labute approximate surface area is 223 Å². The van der Waals surface area contributed by atoms with Gasteiger partial charge in [0.1, 0.15) is 5.75 Å². The van der Waals surface area contributed by atoms with Gasteiger partial charge in [-0.2, -0.15) is 0 Å². The number of unbranched alkanes of at least 4 members (excludes halogenated alkanes) is 7. The highest BCUT2D eigenvalue weighted by molar-refractivity contribution is 5.84. The Kier molecular flexibility index (Phi) is 11.4. The van der Waals surface area contributed by atoms with E-state index in [9.17, 15) is 9.18 Å². The molecule has 0 heterocycles. The SMILES string of the molecule is CCCCCCCCC(C)(F)C(=O)Oc1ccc(-c2ccccc2-c2ccc(CCCCC)cc2)cc1. The smallest absolute Gasteiger partial charge is 0.348 e. The Morgan fingerprint density at radius 1 is 0.703 bits per heavy atom. The largest absolute Gasteiger partial charge is 0.424 e. The number of rotatable bonds is 15. The van der Waals surface area contributed by atoms with Crippen LogP contribution in [0.3, 0.4) is 0 Å². The zero-order chi connectivity index (χ0) is 26.5. The summed E-state index contributed by atoms with van der Waals surface area (Å²) in [6.07, 6.45) is 11.3. The lowest BCUT2D eigenvalue weighted by Crippen LogP contribution is -2.34. The number of carbonyl (C=O) groups excluding carboxylic acids is 1. The van der Waals surface area contributed by atoms with Crippen molar-refractivity contribution in [2.45, 2.75) is 97.1 Å². The maximum absolute atomic E-state index is 15.0. The molecule has 3 rings (SSSR count). The highest BCUT2D eigenvalue weighted by Crippen LogP contribution is 2.33. The van der Waals surface area contributed by atoms with Crippen molar-refractivity contribution in [2.75, 3.05) is 0 Å². The molecule has 198 valence electrons. The van der Waals surface area contributed by atoms with Gasteiger partial charge in [0.15, 0.2) is 0 Å². The first-order valence-electron chi connectivity index (χ1n) is 14.1. The normalized spacial score (nSPS) is 12.8. The second-order valence-corrected chi connectivity index (χ2v) is 10.3. The molecule has 3 aromatic carbocycles. The van der Waals surface area contributed by atoms with Gasteiger partial charge >= 0.3 is 5.97 Å². The molecule has 0 saturated heterocycles. The van der Waals surface area contributed by atoms with Gasteiger partial charge in [0.2, 0.25) is 5.67 Å². The van der Waals surface area contributed by atoms with E-state index in [-0.39, 0.29) is 6.42 Å². The summed E-state index contributed by atoms with van der Waals surface area (Å²) in [5, 5.41) is 0. The summed E-state index contributed by atoms with van der Waals surface area (Å²) in [6.45, 7) is 5.74.